The summed E-state index contributed by atoms with van der Waals surface area (Å²) in [4.78, 5) is 0. The van der Waals surface area contributed by atoms with E-state index in [1.165, 1.54) is 5.56 Å². The molecular formula is C31H21FIN. The lowest BCUT2D eigenvalue weighted by Crippen LogP contribution is -2.28. The topological polar surface area (TPSA) is 3.24 Å². The molecule has 0 radical (unpaired) electrons. The van der Waals surface area contributed by atoms with Crippen molar-refractivity contribution >= 4 is 34.2 Å². The number of benzene rings is 5. The van der Waals surface area contributed by atoms with Crippen LogP contribution in [0.2, 0.25) is 0 Å². The summed E-state index contributed by atoms with van der Waals surface area (Å²) in [6.45, 7) is 0. The number of nitrogens with zero attached hydrogens (tertiary/aromatic N) is 1. The molecule has 0 bridgehead atoms. The van der Waals surface area contributed by atoms with Crippen LogP contribution in [0, 0.1) is 5.82 Å². The van der Waals surface area contributed by atoms with Gasteiger partial charge in [0.1, 0.15) is 5.82 Å². The molecule has 6 rings (SSSR count). The summed E-state index contributed by atoms with van der Waals surface area (Å²) in [5.41, 5.74) is 8.29. The third kappa shape index (κ3) is 3.18. The Morgan fingerprint density at radius 3 is 1.82 bits per heavy atom. The van der Waals surface area contributed by atoms with Crippen LogP contribution in [0.15, 0.2) is 127 Å². The number of fused-ring (bicyclic) bond motifs is 3. The molecule has 0 aromatic heterocycles. The van der Waals surface area contributed by atoms with Gasteiger partial charge in [0.15, 0.2) is 0 Å². The molecule has 1 atom stereocenters. The number of anilines is 2. The molecule has 0 amide bonds. The fourth-order valence-electron chi connectivity index (χ4n) is 5.28. The average molecular weight is 553 g/mol. The van der Waals surface area contributed by atoms with Gasteiger partial charge in [-0.2, -0.15) is 0 Å². The maximum Gasteiger partial charge on any atom is 0.123 e. The van der Waals surface area contributed by atoms with Crippen molar-refractivity contribution in [2.75, 3.05) is 3.11 Å². The van der Waals surface area contributed by atoms with E-state index in [-0.39, 0.29) is 5.82 Å². The van der Waals surface area contributed by atoms with Crippen molar-refractivity contribution in [3.63, 3.8) is 0 Å². The molecule has 0 N–H and O–H groups in total. The van der Waals surface area contributed by atoms with Gasteiger partial charge >= 0.3 is 0 Å². The van der Waals surface area contributed by atoms with Crippen LogP contribution in [0.25, 0.3) is 11.1 Å². The lowest BCUT2D eigenvalue weighted by molar-refractivity contribution is 0.621. The number of hydrogen-bond acceptors (Lipinski definition) is 1. The first-order chi connectivity index (χ1) is 16.7. The Morgan fingerprint density at radius 2 is 1.09 bits per heavy atom. The minimum Gasteiger partial charge on any atom is -0.283 e. The second kappa shape index (κ2) is 8.41. The van der Waals surface area contributed by atoms with E-state index < -0.39 is 5.41 Å². The second-order valence-electron chi connectivity index (χ2n) is 8.51. The molecule has 0 heterocycles. The first-order valence-corrected chi connectivity index (χ1v) is 12.2. The number of para-hydroxylation sites is 1. The Balaban J connectivity index is 1.59. The SMILES string of the molecule is Fc1ccc2c(c1)C(c1ccccc1)(c1ccc(N(I)c3ccccc3)cc1)c1ccccc1-2. The molecule has 0 spiro atoms. The Labute approximate surface area is 213 Å². The third-order valence-electron chi connectivity index (χ3n) is 6.72. The van der Waals surface area contributed by atoms with Gasteiger partial charge in [-0.15, -0.1) is 0 Å². The number of hydrogen-bond donors (Lipinski definition) is 0. The molecule has 0 fully saturated rings. The Hall–Kier alpha value is -3.44. The van der Waals surface area contributed by atoms with Gasteiger partial charge in [-0.25, -0.2) is 4.39 Å². The minimum absolute atomic E-state index is 0.217. The largest absolute Gasteiger partial charge is 0.283 e. The van der Waals surface area contributed by atoms with Gasteiger partial charge in [0, 0.05) is 0 Å². The van der Waals surface area contributed by atoms with Crippen molar-refractivity contribution in [3.05, 3.63) is 155 Å². The number of halogens is 2. The van der Waals surface area contributed by atoms with E-state index in [2.05, 4.69) is 111 Å². The smallest absolute Gasteiger partial charge is 0.123 e. The van der Waals surface area contributed by atoms with Crippen molar-refractivity contribution in [2.45, 2.75) is 5.41 Å². The Morgan fingerprint density at radius 1 is 0.529 bits per heavy atom. The monoisotopic (exact) mass is 553 g/mol. The summed E-state index contributed by atoms with van der Waals surface area (Å²) >= 11 is 2.34. The first kappa shape index (κ1) is 21.1. The van der Waals surface area contributed by atoms with Gasteiger partial charge in [0.2, 0.25) is 0 Å². The molecule has 1 aliphatic carbocycles. The zero-order valence-corrected chi connectivity index (χ0v) is 20.5. The molecule has 1 unspecified atom stereocenters. The average Bonchev–Trinajstić information content (AvgIpc) is 3.19. The van der Waals surface area contributed by atoms with Crippen LogP contribution in [0.4, 0.5) is 15.8 Å². The van der Waals surface area contributed by atoms with E-state index in [0.29, 0.717) is 0 Å². The summed E-state index contributed by atoms with van der Waals surface area (Å²) in [5, 5.41) is 0. The highest BCUT2D eigenvalue weighted by molar-refractivity contribution is 14.1. The van der Waals surface area contributed by atoms with Crippen LogP contribution in [0.1, 0.15) is 22.3 Å². The van der Waals surface area contributed by atoms with E-state index in [1.807, 2.05) is 30.3 Å². The highest BCUT2D eigenvalue weighted by Gasteiger charge is 2.46. The molecule has 0 saturated carbocycles. The summed E-state index contributed by atoms with van der Waals surface area (Å²) in [6, 6.07) is 43.1. The Kier molecular flexibility index (Phi) is 5.22. The quantitative estimate of drug-likeness (QED) is 0.156. The van der Waals surface area contributed by atoms with Crippen LogP contribution < -0.4 is 3.11 Å². The molecule has 34 heavy (non-hydrogen) atoms. The lowest BCUT2D eigenvalue weighted by Gasteiger charge is -2.34. The molecule has 3 heteroatoms. The van der Waals surface area contributed by atoms with Crippen LogP contribution in [-0.2, 0) is 5.41 Å². The van der Waals surface area contributed by atoms with Crippen molar-refractivity contribution in [1.29, 1.82) is 0 Å². The van der Waals surface area contributed by atoms with Crippen molar-refractivity contribution < 1.29 is 4.39 Å². The zero-order valence-electron chi connectivity index (χ0n) is 18.3. The fraction of sp³-hybridized carbons (Fsp3) is 0.0323. The van der Waals surface area contributed by atoms with Crippen LogP contribution in [-0.4, -0.2) is 0 Å². The fourth-order valence-corrected chi connectivity index (χ4v) is 5.92. The van der Waals surface area contributed by atoms with Crippen molar-refractivity contribution in [2.24, 2.45) is 0 Å². The first-order valence-electron chi connectivity index (χ1n) is 11.3. The second-order valence-corrected chi connectivity index (χ2v) is 9.48. The summed E-state index contributed by atoms with van der Waals surface area (Å²) in [7, 11) is 0. The van der Waals surface area contributed by atoms with E-state index >= 15 is 0 Å². The summed E-state index contributed by atoms with van der Waals surface area (Å²) in [5.74, 6) is -0.217. The highest BCUT2D eigenvalue weighted by atomic mass is 127. The van der Waals surface area contributed by atoms with Crippen LogP contribution in [0.3, 0.4) is 0 Å². The molecule has 0 aliphatic heterocycles. The van der Waals surface area contributed by atoms with Gasteiger partial charge in [0.05, 0.1) is 39.7 Å². The summed E-state index contributed by atoms with van der Waals surface area (Å²) in [6.07, 6.45) is 0. The van der Waals surface area contributed by atoms with Gasteiger partial charge in [-0.3, -0.25) is 3.11 Å². The Bertz CT molecular complexity index is 1470. The zero-order chi connectivity index (χ0) is 23.1. The molecule has 164 valence electrons. The third-order valence-corrected chi connectivity index (χ3v) is 7.84. The maximum absolute atomic E-state index is 14.7. The molecule has 1 nitrogen and oxygen atoms in total. The van der Waals surface area contributed by atoms with Gasteiger partial charge in [-0.1, -0.05) is 91.0 Å². The van der Waals surface area contributed by atoms with E-state index in [1.54, 1.807) is 12.1 Å². The molecular weight excluding hydrogens is 532 g/mol. The van der Waals surface area contributed by atoms with E-state index in [0.717, 1.165) is 39.2 Å². The van der Waals surface area contributed by atoms with E-state index in [4.69, 9.17) is 0 Å². The molecule has 0 saturated heterocycles. The molecule has 5 aromatic rings. The molecule has 5 aromatic carbocycles. The normalized spacial score (nSPS) is 16.1. The maximum atomic E-state index is 14.7. The van der Waals surface area contributed by atoms with Gasteiger partial charge < -0.3 is 0 Å². The predicted molar refractivity (Wildman–Crippen MR) is 146 cm³/mol. The van der Waals surface area contributed by atoms with Crippen LogP contribution in [0.5, 0.6) is 0 Å². The number of rotatable bonds is 4. The van der Waals surface area contributed by atoms with Gasteiger partial charge in [-0.05, 0) is 69.8 Å². The van der Waals surface area contributed by atoms with E-state index in [9.17, 15) is 4.39 Å². The lowest BCUT2D eigenvalue weighted by atomic mass is 9.67. The minimum atomic E-state index is -0.587. The van der Waals surface area contributed by atoms with Crippen molar-refractivity contribution in [1.82, 2.24) is 0 Å². The van der Waals surface area contributed by atoms with Crippen molar-refractivity contribution in [3.8, 4) is 11.1 Å². The molecule has 1 aliphatic rings. The summed E-state index contributed by atoms with van der Waals surface area (Å²) < 4.78 is 16.9. The van der Waals surface area contributed by atoms with Gasteiger partial charge in [0.25, 0.3) is 0 Å². The highest BCUT2D eigenvalue weighted by Crippen LogP contribution is 2.56. The standard InChI is InChI=1S/C31H21FIN/c32-24-17-20-28-27-13-7-8-14-29(27)31(30(28)21-24,22-9-3-1-4-10-22)23-15-18-26(19-16-23)34(33)25-11-5-2-6-12-25/h1-21H. The predicted octanol–water partition coefficient (Wildman–Crippen LogP) is 8.68. The van der Waals surface area contributed by atoms with Crippen LogP contribution >= 0.6 is 22.9 Å².